The van der Waals surface area contributed by atoms with E-state index < -0.39 is 12.1 Å². The largest absolute Gasteiger partial charge is 0.410 e. The molecule has 1 aliphatic heterocycles. The minimum atomic E-state index is -0.967. The Hall–Kier alpha value is -2.66. The molecular formula is C19H25N5O4S. The van der Waals surface area contributed by atoms with Crippen molar-refractivity contribution in [2.45, 2.75) is 19.0 Å². The summed E-state index contributed by atoms with van der Waals surface area (Å²) in [5, 5.41) is 15.4. The summed E-state index contributed by atoms with van der Waals surface area (Å²) in [6.07, 6.45) is -0.218. The number of hydrogen-bond acceptors (Lipinski definition) is 7. The number of benzene rings is 1. The molecule has 1 aromatic heterocycles. The Morgan fingerprint density at radius 2 is 2.07 bits per heavy atom. The van der Waals surface area contributed by atoms with Gasteiger partial charge in [-0.15, -0.1) is 11.3 Å². The van der Waals surface area contributed by atoms with Gasteiger partial charge in [-0.25, -0.2) is 9.59 Å². The van der Waals surface area contributed by atoms with Crippen molar-refractivity contribution in [2.24, 2.45) is 11.5 Å². The molecule has 1 atom stereocenters. The van der Waals surface area contributed by atoms with Gasteiger partial charge in [0.15, 0.2) is 5.75 Å². The third kappa shape index (κ3) is 5.67. The van der Waals surface area contributed by atoms with Crippen LogP contribution in [-0.2, 0) is 6.54 Å². The van der Waals surface area contributed by atoms with Gasteiger partial charge in [-0.1, -0.05) is 24.3 Å². The van der Waals surface area contributed by atoms with Gasteiger partial charge in [-0.2, -0.15) is 0 Å². The molecule has 0 spiro atoms. The molecule has 1 fully saturated rings. The second kappa shape index (κ2) is 9.70. The smallest absolute Gasteiger partial charge is 0.407 e. The summed E-state index contributed by atoms with van der Waals surface area (Å²) in [4.78, 5) is 25.5. The van der Waals surface area contributed by atoms with E-state index in [0.717, 1.165) is 43.0 Å². The molecule has 1 unspecified atom stereocenters. The fourth-order valence-electron chi connectivity index (χ4n) is 3.35. The molecule has 3 rings (SSSR count). The van der Waals surface area contributed by atoms with Crippen LogP contribution in [0.25, 0.3) is 10.4 Å². The number of carbonyl (C=O) groups is 2. The van der Waals surface area contributed by atoms with E-state index in [0.29, 0.717) is 11.0 Å². The van der Waals surface area contributed by atoms with Gasteiger partial charge >= 0.3 is 12.1 Å². The maximum Gasteiger partial charge on any atom is 0.410 e. The van der Waals surface area contributed by atoms with Crippen molar-refractivity contribution >= 4 is 28.5 Å². The zero-order valence-corrected chi connectivity index (χ0v) is 16.7. The molecule has 2 heterocycles. The number of thiophene rings is 1. The number of nitrogens with one attached hydrogen (secondary N) is 2. The minimum Gasteiger partial charge on any atom is -0.407 e. The average Bonchev–Trinajstić information content (AvgIpc) is 3.05. The van der Waals surface area contributed by atoms with Gasteiger partial charge in [0.05, 0.1) is 0 Å². The number of urea groups is 1. The summed E-state index contributed by atoms with van der Waals surface area (Å²) < 4.78 is 4.95. The molecule has 29 heavy (non-hydrogen) atoms. The van der Waals surface area contributed by atoms with Crippen LogP contribution in [0.3, 0.4) is 0 Å². The Morgan fingerprint density at radius 3 is 2.72 bits per heavy atom. The summed E-state index contributed by atoms with van der Waals surface area (Å²) in [5.74, 6) is 0.160. The molecule has 7 N–H and O–H groups in total. The lowest BCUT2D eigenvalue weighted by atomic mass is 10.1. The SMILES string of the molecule is NC(=O)Nc1sc(-c2ccc(CN3CCNCC3CCO)cc2)cc1OC(N)=O. The first-order chi connectivity index (χ1) is 14.0. The van der Waals surface area contributed by atoms with E-state index in [9.17, 15) is 14.7 Å². The summed E-state index contributed by atoms with van der Waals surface area (Å²) in [6.45, 7) is 3.74. The molecule has 156 valence electrons. The number of carbonyl (C=O) groups excluding carboxylic acids is 2. The first kappa shape index (κ1) is 21.1. The topological polar surface area (TPSA) is 143 Å². The summed E-state index contributed by atoms with van der Waals surface area (Å²) in [7, 11) is 0. The summed E-state index contributed by atoms with van der Waals surface area (Å²) in [6, 6.07) is 9.26. The quantitative estimate of drug-likeness (QED) is 0.460. The van der Waals surface area contributed by atoms with E-state index in [2.05, 4.69) is 15.5 Å². The van der Waals surface area contributed by atoms with Crippen molar-refractivity contribution in [3.8, 4) is 16.2 Å². The van der Waals surface area contributed by atoms with Crippen LogP contribution in [0.15, 0.2) is 30.3 Å². The van der Waals surface area contributed by atoms with Crippen LogP contribution < -0.4 is 26.8 Å². The number of aliphatic hydroxyl groups excluding tert-OH is 1. The molecule has 2 aromatic rings. The van der Waals surface area contributed by atoms with E-state index >= 15 is 0 Å². The molecule has 3 amide bonds. The molecule has 1 aliphatic rings. The maximum atomic E-state index is 11.2. The van der Waals surface area contributed by atoms with Crippen molar-refractivity contribution in [3.05, 3.63) is 35.9 Å². The van der Waals surface area contributed by atoms with Crippen molar-refractivity contribution in [3.63, 3.8) is 0 Å². The summed E-state index contributed by atoms with van der Waals surface area (Å²) in [5.41, 5.74) is 12.3. The highest BCUT2D eigenvalue weighted by Gasteiger charge is 2.21. The number of primary amides is 2. The number of piperazine rings is 1. The minimum absolute atomic E-state index is 0.160. The van der Waals surface area contributed by atoms with Crippen LogP contribution in [0.5, 0.6) is 5.75 Å². The molecule has 9 nitrogen and oxygen atoms in total. The van der Waals surface area contributed by atoms with E-state index in [1.54, 1.807) is 6.07 Å². The number of hydrogen-bond donors (Lipinski definition) is 5. The molecular weight excluding hydrogens is 394 g/mol. The summed E-state index contributed by atoms with van der Waals surface area (Å²) >= 11 is 1.24. The van der Waals surface area contributed by atoms with Crippen LogP contribution in [-0.4, -0.2) is 54.4 Å². The van der Waals surface area contributed by atoms with Gasteiger partial charge in [0.25, 0.3) is 0 Å². The fraction of sp³-hybridized carbons (Fsp3) is 0.368. The van der Waals surface area contributed by atoms with Crippen LogP contribution in [0.2, 0.25) is 0 Å². The Morgan fingerprint density at radius 1 is 1.31 bits per heavy atom. The highest BCUT2D eigenvalue weighted by Crippen LogP contribution is 2.40. The second-order valence-electron chi connectivity index (χ2n) is 6.75. The van der Waals surface area contributed by atoms with Gasteiger partial charge in [0.2, 0.25) is 0 Å². The molecule has 0 saturated carbocycles. The number of anilines is 1. The number of nitrogens with zero attached hydrogens (tertiary/aromatic N) is 1. The van der Waals surface area contributed by atoms with Crippen molar-refractivity contribution in [1.82, 2.24) is 10.2 Å². The Kier molecular flexibility index (Phi) is 7.04. The van der Waals surface area contributed by atoms with E-state index in [1.807, 2.05) is 24.3 Å². The molecule has 10 heteroatoms. The monoisotopic (exact) mass is 419 g/mol. The zero-order chi connectivity index (χ0) is 20.8. The molecule has 1 saturated heterocycles. The Labute approximate surface area is 172 Å². The van der Waals surface area contributed by atoms with E-state index in [4.69, 9.17) is 16.2 Å². The number of nitrogens with two attached hydrogens (primary N) is 2. The second-order valence-corrected chi connectivity index (χ2v) is 7.80. The lowest BCUT2D eigenvalue weighted by Gasteiger charge is -2.36. The van der Waals surface area contributed by atoms with Crippen LogP contribution in [0.4, 0.5) is 14.6 Å². The average molecular weight is 420 g/mol. The Balaban J connectivity index is 1.74. The van der Waals surface area contributed by atoms with Gasteiger partial charge in [-0.05, 0) is 17.5 Å². The number of amides is 3. The van der Waals surface area contributed by atoms with Crippen molar-refractivity contribution < 1.29 is 19.4 Å². The number of aliphatic hydroxyl groups is 1. The maximum absolute atomic E-state index is 11.2. The molecule has 0 aliphatic carbocycles. The lowest BCUT2D eigenvalue weighted by Crippen LogP contribution is -2.51. The highest BCUT2D eigenvalue weighted by atomic mass is 32.1. The Bertz CT molecular complexity index is 819. The van der Waals surface area contributed by atoms with E-state index in [-0.39, 0.29) is 12.4 Å². The molecule has 0 radical (unpaired) electrons. The molecule has 1 aromatic carbocycles. The van der Waals surface area contributed by atoms with Crippen LogP contribution in [0, 0.1) is 0 Å². The number of ether oxygens (including phenoxy) is 1. The van der Waals surface area contributed by atoms with Crippen molar-refractivity contribution in [2.75, 3.05) is 31.6 Å². The van der Waals surface area contributed by atoms with Crippen LogP contribution >= 0.6 is 11.3 Å². The molecule has 0 bridgehead atoms. The van der Waals surface area contributed by atoms with E-state index in [1.165, 1.54) is 16.9 Å². The fourth-order valence-corrected chi connectivity index (χ4v) is 4.35. The number of rotatable bonds is 7. The van der Waals surface area contributed by atoms with Crippen LogP contribution in [0.1, 0.15) is 12.0 Å². The lowest BCUT2D eigenvalue weighted by molar-refractivity contribution is 0.123. The first-order valence-electron chi connectivity index (χ1n) is 9.28. The van der Waals surface area contributed by atoms with Gasteiger partial charge < -0.3 is 26.6 Å². The predicted molar refractivity (Wildman–Crippen MR) is 112 cm³/mol. The van der Waals surface area contributed by atoms with Gasteiger partial charge in [-0.3, -0.25) is 10.2 Å². The third-order valence-electron chi connectivity index (χ3n) is 4.70. The first-order valence-corrected chi connectivity index (χ1v) is 10.1. The van der Waals surface area contributed by atoms with Gasteiger partial charge in [0, 0.05) is 49.8 Å². The standard InChI is InChI=1S/C19H25N5O4S/c20-18(26)23-17-15(28-19(21)27)9-16(29-17)13-3-1-12(2-4-13)11-24-7-6-22-10-14(24)5-8-25/h1-4,9,14,22,25H,5-8,10-11H2,(H2,21,27)(H3,20,23,26). The predicted octanol–water partition coefficient (Wildman–Crippen LogP) is 1.52. The third-order valence-corrected chi connectivity index (χ3v) is 5.78. The normalized spacial score (nSPS) is 17.1. The van der Waals surface area contributed by atoms with Crippen molar-refractivity contribution in [1.29, 1.82) is 0 Å². The zero-order valence-electron chi connectivity index (χ0n) is 15.9. The van der Waals surface area contributed by atoms with Gasteiger partial charge in [0.1, 0.15) is 5.00 Å². The highest BCUT2D eigenvalue weighted by molar-refractivity contribution is 7.20.